The van der Waals surface area contributed by atoms with Gasteiger partial charge in [0, 0.05) is 5.69 Å². The highest BCUT2D eigenvalue weighted by Crippen LogP contribution is 2.13. The van der Waals surface area contributed by atoms with Gasteiger partial charge in [-0.3, -0.25) is 9.36 Å². The third-order valence-corrected chi connectivity index (χ3v) is 3.33. The van der Waals surface area contributed by atoms with Gasteiger partial charge in [0.2, 0.25) is 0 Å². The minimum atomic E-state index is -0.713. The molecule has 0 saturated carbocycles. The van der Waals surface area contributed by atoms with Crippen LogP contribution in [0.3, 0.4) is 0 Å². The Labute approximate surface area is 142 Å². The molecule has 0 fully saturated rings. The number of ether oxygens (including phenoxy) is 1. The van der Waals surface area contributed by atoms with Gasteiger partial charge >= 0.3 is 5.97 Å². The number of carbonyl (C=O) groups excluding carboxylic acids is 2. The molecule has 0 bridgehead atoms. The zero-order chi connectivity index (χ0) is 17.6. The highest BCUT2D eigenvalue weighted by molar-refractivity contribution is 5.90. The van der Waals surface area contributed by atoms with Gasteiger partial charge in [-0.2, -0.15) is 0 Å². The number of hydrogen-bond acceptors (Lipinski definition) is 5. The second-order valence-corrected chi connectivity index (χ2v) is 5.06. The quantitative estimate of drug-likeness (QED) is 0.693. The Kier molecular flexibility index (Phi) is 4.89. The molecule has 0 aliphatic rings. The van der Waals surface area contributed by atoms with E-state index in [9.17, 15) is 14.0 Å². The van der Waals surface area contributed by atoms with Crippen LogP contribution in [-0.4, -0.2) is 28.0 Å². The van der Waals surface area contributed by atoms with E-state index >= 15 is 0 Å². The molecule has 0 radical (unpaired) electrons. The first-order chi connectivity index (χ1) is 12.1. The number of halogens is 1. The van der Waals surface area contributed by atoms with Gasteiger partial charge in [0.05, 0.1) is 25.3 Å². The molecule has 1 N–H and O–H groups in total. The molecule has 0 unspecified atom stereocenters. The smallest absolute Gasteiger partial charge is 0.357 e. The van der Waals surface area contributed by atoms with Crippen molar-refractivity contribution in [1.29, 1.82) is 0 Å². The summed E-state index contributed by atoms with van der Waals surface area (Å²) < 4.78 is 24.5. The molecule has 1 aromatic carbocycles. The maximum atomic E-state index is 13.0. The summed E-state index contributed by atoms with van der Waals surface area (Å²) >= 11 is 0. The van der Waals surface area contributed by atoms with Gasteiger partial charge < -0.3 is 14.5 Å². The minimum Gasteiger partial charge on any atom is -0.467 e. The summed E-state index contributed by atoms with van der Waals surface area (Å²) in [6, 6.07) is 8.97. The molecule has 0 saturated heterocycles. The Balaban J connectivity index is 1.57. The van der Waals surface area contributed by atoms with Crippen LogP contribution in [0.25, 0.3) is 5.69 Å². The van der Waals surface area contributed by atoms with Crippen LogP contribution in [0.15, 0.2) is 59.6 Å². The fourth-order valence-electron chi connectivity index (χ4n) is 2.11. The number of nitrogens with one attached hydrogen (secondary N) is 1. The molecule has 0 aliphatic heterocycles. The Morgan fingerprint density at radius 2 is 2.04 bits per heavy atom. The van der Waals surface area contributed by atoms with Crippen molar-refractivity contribution >= 4 is 11.9 Å². The van der Waals surface area contributed by atoms with Crippen molar-refractivity contribution in [2.24, 2.45) is 0 Å². The van der Waals surface area contributed by atoms with E-state index in [2.05, 4.69) is 10.3 Å². The topological polar surface area (TPSA) is 86.4 Å². The maximum absolute atomic E-state index is 13.0. The summed E-state index contributed by atoms with van der Waals surface area (Å²) in [5.74, 6) is -0.970. The van der Waals surface area contributed by atoms with Gasteiger partial charge in [-0.15, -0.1) is 0 Å². The van der Waals surface area contributed by atoms with E-state index in [1.807, 2.05) is 0 Å². The van der Waals surface area contributed by atoms with Gasteiger partial charge in [0.1, 0.15) is 11.6 Å². The van der Waals surface area contributed by atoms with E-state index in [0.717, 1.165) is 0 Å². The van der Waals surface area contributed by atoms with Crippen LogP contribution in [0.4, 0.5) is 4.39 Å². The summed E-state index contributed by atoms with van der Waals surface area (Å²) in [6.45, 7) is -0.231. The van der Waals surface area contributed by atoms with Gasteiger partial charge in [-0.25, -0.2) is 14.2 Å². The number of aromatic nitrogens is 2. The zero-order valence-electron chi connectivity index (χ0n) is 13.0. The van der Waals surface area contributed by atoms with Crippen LogP contribution in [-0.2, 0) is 16.1 Å². The molecule has 0 spiro atoms. The second kappa shape index (κ2) is 7.43. The number of carbonyl (C=O) groups is 2. The fourth-order valence-corrected chi connectivity index (χ4v) is 2.11. The second-order valence-electron chi connectivity index (χ2n) is 5.06. The van der Waals surface area contributed by atoms with Crippen LogP contribution >= 0.6 is 0 Å². The largest absolute Gasteiger partial charge is 0.467 e. The number of esters is 1. The van der Waals surface area contributed by atoms with E-state index in [1.165, 1.54) is 47.6 Å². The molecule has 7 nitrogen and oxygen atoms in total. The first-order valence-corrected chi connectivity index (χ1v) is 7.38. The summed E-state index contributed by atoms with van der Waals surface area (Å²) in [6.07, 6.45) is 4.21. The normalized spacial score (nSPS) is 10.4. The number of furan rings is 1. The number of rotatable bonds is 6. The van der Waals surface area contributed by atoms with Gasteiger partial charge in [0.25, 0.3) is 5.91 Å². The Hall–Kier alpha value is -3.42. The van der Waals surface area contributed by atoms with Gasteiger partial charge in [0.15, 0.2) is 12.3 Å². The molecule has 3 rings (SSSR count). The molecule has 2 aromatic heterocycles. The van der Waals surface area contributed by atoms with Crippen molar-refractivity contribution in [1.82, 2.24) is 14.9 Å². The highest BCUT2D eigenvalue weighted by atomic mass is 19.1. The summed E-state index contributed by atoms with van der Waals surface area (Å²) in [5.41, 5.74) is 0.679. The summed E-state index contributed by atoms with van der Waals surface area (Å²) in [4.78, 5) is 27.8. The first kappa shape index (κ1) is 16.4. The lowest BCUT2D eigenvalue weighted by molar-refractivity contribution is -0.124. The lowest BCUT2D eigenvalue weighted by atomic mass is 10.3. The lowest BCUT2D eigenvalue weighted by Crippen LogP contribution is -2.28. The maximum Gasteiger partial charge on any atom is 0.357 e. The number of benzene rings is 1. The summed E-state index contributed by atoms with van der Waals surface area (Å²) in [7, 11) is 0. The zero-order valence-corrected chi connectivity index (χ0v) is 13.0. The molecule has 2 heterocycles. The highest BCUT2D eigenvalue weighted by Gasteiger charge is 2.16. The molecule has 128 valence electrons. The first-order valence-electron chi connectivity index (χ1n) is 7.38. The van der Waals surface area contributed by atoms with Crippen LogP contribution in [0.5, 0.6) is 0 Å². The summed E-state index contributed by atoms with van der Waals surface area (Å²) in [5, 5.41) is 2.56. The van der Waals surface area contributed by atoms with Crippen LogP contribution in [0, 0.1) is 5.82 Å². The number of hydrogen-bond donors (Lipinski definition) is 1. The van der Waals surface area contributed by atoms with Crippen LogP contribution < -0.4 is 5.32 Å². The molecule has 0 aliphatic carbocycles. The van der Waals surface area contributed by atoms with Crippen molar-refractivity contribution in [2.75, 3.05) is 6.61 Å². The Morgan fingerprint density at radius 1 is 1.24 bits per heavy atom. The predicted octanol–water partition coefficient (Wildman–Crippen LogP) is 2.08. The number of imidazole rings is 1. The van der Waals surface area contributed by atoms with Crippen LogP contribution in [0.2, 0.25) is 0 Å². The molecule has 3 aromatic rings. The predicted molar refractivity (Wildman–Crippen MR) is 84.4 cm³/mol. The van der Waals surface area contributed by atoms with Crippen molar-refractivity contribution in [3.63, 3.8) is 0 Å². The molecule has 0 atom stereocenters. The lowest BCUT2D eigenvalue weighted by Gasteiger charge is -2.08. The van der Waals surface area contributed by atoms with Crippen molar-refractivity contribution < 1.29 is 23.1 Å². The molecular formula is C17H14FN3O4. The molecule has 25 heavy (non-hydrogen) atoms. The SMILES string of the molecule is O=C(COC(=O)c1cncn1-c1ccc(F)cc1)NCc1ccco1. The van der Waals surface area contributed by atoms with Crippen LogP contribution in [0.1, 0.15) is 16.2 Å². The standard InChI is InChI=1S/C17H14FN3O4/c18-12-3-5-13(6-4-12)21-11-19-9-15(21)17(23)25-10-16(22)20-8-14-2-1-7-24-14/h1-7,9,11H,8,10H2,(H,20,22). The van der Waals surface area contributed by atoms with E-state index in [1.54, 1.807) is 12.1 Å². The molecule has 1 amide bonds. The van der Waals surface area contributed by atoms with Crippen molar-refractivity contribution in [3.05, 3.63) is 72.5 Å². The molecular weight excluding hydrogens is 329 g/mol. The van der Waals surface area contributed by atoms with E-state index in [4.69, 9.17) is 9.15 Å². The minimum absolute atomic E-state index is 0.130. The van der Waals surface area contributed by atoms with E-state index in [0.29, 0.717) is 11.4 Å². The molecule has 8 heteroatoms. The van der Waals surface area contributed by atoms with Crippen molar-refractivity contribution in [3.8, 4) is 5.69 Å². The average molecular weight is 343 g/mol. The van der Waals surface area contributed by atoms with Crippen molar-refractivity contribution in [2.45, 2.75) is 6.54 Å². The van der Waals surface area contributed by atoms with E-state index < -0.39 is 18.5 Å². The third-order valence-electron chi connectivity index (χ3n) is 3.33. The number of amides is 1. The van der Waals surface area contributed by atoms with Gasteiger partial charge in [-0.05, 0) is 36.4 Å². The number of nitrogens with zero attached hydrogens (tertiary/aromatic N) is 2. The van der Waals surface area contributed by atoms with Gasteiger partial charge in [-0.1, -0.05) is 0 Å². The third kappa shape index (κ3) is 4.11. The fraction of sp³-hybridized carbons (Fsp3) is 0.118. The van der Waals surface area contributed by atoms with E-state index in [-0.39, 0.29) is 18.1 Å². The Morgan fingerprint density at radius 3 is 2.76 bits per heavy atom. The average Bonchev–Trinajstić information content (AvgIpc) is 3.30. The monoisotopic (exact) mass is 343 g/mol. The Bertz CT molecular complexity index is 856.